The summed E-state index contributed by atoms with van der Waals surface area (Å²) in [5.41, 5.74) is 7.20. The third-order valence-corrected chi connectivity index (χ3v) is 7.44. The highest BCUT2D eigenvalue weighted by Gasteiger charge is 2.10. The molecule has 5 N–H and O–H groups in total. The lowest BCUT2D eigenvalue weighted by molar-refractivity contribution is 0.0945. The second-order valence-corrected chi connectivity index (χ2v) is 10.2. The zero-order valence-corrected chi connectivity index (χ0v) is 23.7. The molecular formula is C32H26N6O4S. The highest BCUT2D eigenvalue weighted by Crippen LogP contribution is 2.27. The molecule has 0 aliphatic carbocycles. The van der Waals surface area contributed by atoms with Crippen LogP contribution >= 0.6 is 11.3 Å². The van der Waals surface area contributed by atoms with Crippen LogP contribution in [0.2, 0.25) is 0 Å². The zero-order valence-electron chi connectivity index (χ0n) is 22.9. The standard InChI is InChI=1S/C17H14N2O2S.C15H12N4O2/c1-11-8-9-22-16(11)17(21)19-18-10-13-7-6-12-4-2-3-5-14(12)15(13)20;20-14-6-5-10-3-1-2-4-11(10)12(14)9-17-19-15(21)13-7-8-16-18-13/h2-10,20H,1H3,(H,19,21);1-9,20H,(H,16,18)(H,19,21)/b18-10+;17-9+. The summed E-state index contributed by atoms with van der Waals surface area (Å²) in [4.78, 5) is 24.3. The average molecular weight is 591 g/mol. The van der Waals surface area contributed by atoms with Gasteiger partial charge in [-0.3, -0.25) is 14.7 Å². The molecule has 0 unspecified atom stereocenters. The van der Waals surface area contributed by atoms with Gasteiger partial charge in [0.15, 0.2) is 0 Å². The van der Waals surface area contributed by atoms with Gasteiger partial charge in [-0.15, -0.1) is 11.3 Å². The zero-order chi connectivity index (χ0) is 30.2. The molecule has 0 saturated heterocycles. The maximum absolute atomic E-state index is 11.9. The monoisotopic (exact) mass is 590 g/mol. The maximum Gasteiger partial charge on any atom is 0.289 e. The minimum atomic E-state index is -0.400. The van der Waals surface area contributed by atoms with Crippen molar-refractivity contribution in [1.29, 1.82) is 0 Å². The van der Waals surface area contributed by atoms with E-state index >= 15 is 0 Å². The number of nitrogens with one attached hydrogen (secondary N) is 3. The van der Waals surface area contributed by atoms with E-state index in [0.29, 0.717) is 21.7 Å². The minimum Gasteiger partial charge on any atom is -0.507 e. The van der Waals surface area contributed by atoms with E-state index in [1.165, 1.54) is 30.0 Å². The molecule has 2 amide bonds. The number of amides is 2. The maximum atomic E-state index is 11.9. The first-order valence-electron chi connectivity index (χ1n) is 13.0. The van der Waals surface area contributed by atoms with Crippen LogP contribution in [0, 0.1) is 6.92 Å². The molecule has 0 bridgehead atoms. The van der Waals surface area contributed by atoms with E-state index in [2.05, 4.69) is 31.3 Å². The SMILES string of the molecule is Cc1ccsc1C(=O)N/N=C/c1ccc2ccccc2c1O.O=C(N/N=C/c1c(O)ccc2ccccc12)c1ccn[nH]1. The molecule has 4 aromatic carbocycles. The summed E-state index contributed by atoms with van der Waals surface area (Å²) in [6.07, 6.45) is 4.35. The summed E-state index contributed by atoms with van der Waals surface area (Å²) in [5.74, 6) is -0.385. The smallest absolute Gasteiger partial charge is 0.289 e. The summed E-state index contributed by atoms with van der Waals surface area (Å²) in [7, 11) is 0. The number of hydrogen-bond donors (Lipinski definition) is 5. The van der Waals surface area contributed by atoms with Crippen molar-refractivity contribution < 1.29 is 19.8 Å². The van der Waals surface area contributed by atoms with Crippen LogP contribution in [0.25, 0.3) is 21.5 Å². The third-order valence-electron chi connectivity index (χ3n) is 6.42. The van der Waals surface area contributed by atoms with Gasteiger partial charge in [-0.1, -0.05) is 60.7 Å². The van der Waals surface area contributed by atoms with Gasteiger partial charge in [-0.25, -0.2) is 10.9 Å². The van der Waals surface area contributed by atoms with Crippen LogP contribution in [0.5, 0.6) is 11.5 Å². The molecule has 10 nitrogen and oxygen atoms in total. The lowest BCUT2D eigenvalue weighted by atomic mass is 10.0. The molecular weight excluding hydrogens is 564 g/mol. The fourth-order valence-electron chi connectivity index (χ4n) is 4.21. The Morgan fingerprint density at radius 3 is 2.21 bits per heavy atom. The number of phenolic OH excluding ortho intramolecular Hbond substituents is 2. The normalized spacial score (nSPS) is 11.1. The number of aromatic amines is 1. The van der Waals surface area contributed by atoms with E-state index in [0.717, 1.165) is 27.1 Å². The summed E-state index contributed by atoms with van der Waals surface area (Å²) in [5, 5.41) is 39.6. The van der Waals surface area contributed by atoms with E-state index in [1.807, 2.05) is 79.0 Å². The molecule has 0 aliphatic rings. The minimum absolute atomic E-state index is 0.105. The molecule has 214 valence electrons. The molecule has 0 saturated carbocycles. The number of carbonyl (C=O) groups is 2. The van der Waals surface area contributed by atoms with E-state index in [9.17, 15) is 19.8 Å². The van der Waals surface area contributed by atoms with Crippen molar-refractivity contribution in [2.24, 2.45) is 10.2 Å². The van der Waals surface area contributed by atoms with Gasteiger partial charge >= 0.3 is 0 Å². The van der Waals surface area contributed by atoms with E-state index < -0.39 is 5.91 Å². The van der Waals surface area contributed by atoms with E-state index in [-0.39, 0.29) is 17.4 Å². The van der Waals surface area contributed by atoms with Gasteiger partial charge in [-0.2, -0.15) is 15.3 Å². The van der Waals surface area contributed by atoms with Gasteiger partial charge in [-0.05, 0) is 58.3 Å². The predicted octanol–water partition coefficient (Wildman–Crippen LogP) is 5.71. The first-order valence-corrected chi connectivity index (χ1v) is 13.9. The quantitative estimate of drug-likeness (QED) is 0.124. The van der Waals surface area contributed by atoms with E-state index in [1.54, 1.807) is 18.2 Å². The second-order valence-electron chi connectivity index (χ2n) is 9.25. The van der Waals surface area contributed by atoms with Crippen molar-refractivity contribution in [1.82, 2.24) is 21.0 Å². The topological polar surface area (TPSA) is 152 Å². The number of aromatic nitrogens is 2. The Morgan fingerprint density at radius 2 is 1.49 bits per heavy atom. The van der Waals surface area contributed by atoms with Crippen molar-refractivity contribution in [2.45, 2.75) is 6.92 Å². The Hall–Kier alpha value is -5.81. The van der Waals surface area contributed by atoms with Gasteiger partial charge in [0.2, 0.25) is 0 Å². The van der Waals surface area contributed by atoms with Gasteiger partial charge in [0.05, 0.1) is 17.3 Å². The largest absolute Gasteiger partial charge is 0.507 e. The van der Waals surface area contributed by atoms with Crippen molar-refractivity contribution in [3.05, 3.63) is 124 Å². The molecule has 6 rings (SSSR count). The molecule has 6 aromatic rings. The first-order chi connectivity index (χ1) is 20.9. The number of benzene rings is 4. The molecule has 11 heteroatoms. The summed E-state index contributed by atoms with van der Waals surface area (Å²) in [6.45, 7) is 1.88. The van der Waals surface area contributed by atoms with Gasteiger partial charge in [0.1, 0.15) is 17.2 Å². The Kier molecular flexibility index (Phi) is 8.84. The second kappa shape index (κ2) is 13.2. The Labute approximate surface area is 250 Å². The van der Waals surface area contributed by atoms with Crippen LogP contribution in [0.4, 0.5) is 0 Å². The number of aromatic hydroxyl groups is 2. The lowest BCUT2D eigenvalue weighted by Gasteiger charge is -2.04. The molecule has 2 aromatic heterocycles. The van der Waals surface area contributed by atoms with Crippen LogP contribution in [0.1, 0.15) is 36.9 Å². The highest BCUT2D eigenvalue weighted by molar-refractivity contribution is 7.12. The molecule has 0 spiro atoms. The number of fused-ring (bicyclic) bond motifs is 2. The lowest BCUT2D eigenvalue weighted by Crippen LogP contribution is -2.18. The third kappa shape index (κ3) is 6.75. The van der Waals surface area contributed by atoms with Crippen molar-refractivity contribution in [2.75, 3.05) is 0 Å². The number of thiophene rings is 1. The molecule has 43 heavy (non-hydrogen) atoms. The number of aryl methyl sites for hydroxylation is 1. The van der Waals surface area contributed by atoms with Crippen LogP contribution in [-0.4, -0.2) is 44.7 Å². The van der Waals surface area contributed by atoms with E-state index in [4.69, 9.17) is 0 Å². The number of rotatable bonds is 6. The van der Waals surface area contributed by atoms with Crippen LogP contribution < -0.4 is 10.9 Å². The number of carbonyl (C=O) groups excluding carboxylic acids is 2. The van der Waals surface area contributed by atoms with Gasteiger partial charge in [0, 0.05) is 22.7 Å². The Bertz CT molecular complexity index is 1960. The predicted molar refractivity (Wildman–Crippen MR) is 169 cm³/mol. The summed E-state index contributed by atoms with van der Waals surface area (Å²) >= 11 is 1.37. The molecule has 0 atom stereocenters. The number of H-pyrrole nitrogens is 1. The first kappa shape index (κ1) is 28.7. The van der Waals surface area contributed by atoms with Crippen LogP contribution in [0.3, 0.4) is 0 Å². The fourth-order valence-corrected chi connectivity index (χ4v) is 5.03. The molecule has 2 heterocycles. The fraction of sp³-hybridized carbons (Fsp3) is 0.0312. The van der Waals surface area contributed by atoms with Gasteiger partial charge in [0.25, 0.3) is 11.8 Å². The van der Waals surface area contributed by atoms with Crippen molar-refractivity contribution in [3.8, 4) is 11.5 Å². The number of nitrogens with zero attached hydrogens (tertiary/aromatic N) is 3. The van der Waals surface area contributed by atoms with Crippen LogP contribution in [-0.2, 0) is 0 Å². The summed E-state index contributed by atoms with van der Waals surface area (Å²) in [6, 6.07) is 25.7. The number of hydrogen-bond acceptors (Lipinski definition) is 8. The summed E-state index contributed by atoms with van der Waals surface area (Å²) < 4.78 is 0. The highest BCUT2D eigenvalue weighted by atomic mass is 32.1. The molecule has 0 aliphatic heterocycles. The molecule has 0 radical (unpaired) electrons. The van der Waals surface area contributed by atoms with Gasteiger partial charge < -0.3 is 10.2 Å². The average Bonchev–Trinajstić information content (AvgIpc) is 3.72. The van der Waals surface area contributed by atoms with Crippen LogP contribution in [0.15, 0.2) is 107 Å². The van der Waals surface area contributed by atoms with Crippen molar-refractivity contribution >= 4 is 57.1 Å². The Balaban J connectivity index is 0.000000171. The number of hydrazone groups is 2. The number of phenols is 2. The Morgan fingerprint density at radius 1 is 0.814 bits per heavy atom. The van der Waals surface area contributed by atoms with Crippen molar-refractivity contribution in [3.63, 3.8) is 0 Å². The molecule has 0 fully saturated rings.